The van der Waals surface area contributed by atoms with Crippen LogP contribution in [0.2, 0.25) is 0 Å². The first-order valence-electron chi connectivity index (χ1n) is 7.15. The number of nitrogens with zero attached hydrogens (tertiary/aromatic N) is 3. The van der Waals surface area contributed by atoms with Crippen molar-refractivity contribution in [2.45, 2.75) is 33.4 Å². The van der Waals surface area contributed by atoms with E-state index in [4.69, 9.17) is 9.26 Å². The summed E-state index contributed by atoms with van der Waals surface area (Å²) in [6, 6.07) is 1.95. The number of amides is 1. The maximum atomic E-state index is 12.1. The van der Waals surface area contributed by atoms with Crippen LogP contribution >= 0.6 is 0 Å². The molecule has 6 heteroatoms. The minimum atomic E-state index is -0.344. The van der Waals surface area contributed by atoms with Crippen molar-refractivity contribution < 1.29 is 14.1 Å². The average Bonchev–Trinajstić information content (AvgIpc) is 2.84. The summed E-state index contributed by atoms with van der Waals surface area (Å²) in [4.78, 5) is 16.3. The molecule has 1 atom stereocenters. The number of carbonyl (C=O) groups excluding carboxylic acids is 1. The average molecular weight is 281 g/mol. The quantitative estimate of drug-likeness (QED) is 0.807. The van der Waals surface area contributed by atoms with Gasteiger partial charge >= 0.3 is 0 Å². The summed E-state index contributed by atoms with van der Waals surface area (Å²) in [6.07, 6.45) is -0.344. The molecule has 0 bridgehead atoms. The number of rotatable bonds is 5. The van der Waals surface area contributed by atoms with Crippen molar-refractivity contribution in [2.75, 3.05) is 32.8 Å². The van der Waals surface area contributed by atoms with E-state index in [0.717, 1.165) is 44.2 Å². The SMILES string of the molecule is CCO[C@H](C)C(=O)N1CCN(Cc2cc(C)no2)CC1. The molecule has 112 valence electrons. The zero-order valence-corrected chi connectivity index (χ0v) is 12.5. The third-order valence-electron chi connectivity index (χ3n) is 3.50. The Morgan fingerprint density at radius 2 is 2.15 bits per heavy atom. The van der Waals surface area contributed by atoms with Gasteiger partial charge in [0.05, 0.1) is 12.2 Å². The van der Waals surface area contributed by atoms with Gasteiger partial charge < -0.3 is 14.2 Å². The zero-order valence-electron chi connectivity index (χ0n) is 12.5. The van der Waals surface area contributed by atoms with Crippen LogP contribution < -0.4 is 0 Å². The van der Waals surface area contributed by atoms with Crippen LogP contribution in [0.15, 0.2) is 10.6 Å². The Bertz CT molecular complexity index is 439. The molecule has 0 N–H and O–H groups in total. The highest BCUT2D eigenvalue weighted by Gasteiger charge is 2.25. The summed E-state index contributed by atoms with van der Waals surface area (Å²) < 4.78 is 10.6. The lowest BCUT2D eigenvalue weighted by atomic mass is 10.2. The molecule has 1 fully saturated rings. The second kappa shape index (κ2) is 6.85. The number of piperazine rings is 1. The summed E-state index contributed by atoms with van der Waals surface area (Å²) in [5, 5.41) is 3.89. The van der Waals surface area contributed by atoms with Gasteiger partial charge in [-0.1, -0.05) is 5.16 Å². The van der Waals surface area contributed by atoms with Gasteiger partial charge in [0, 0.05) is 38.9 Å². The first-order chi connectivity index (χ1) is 9.60. The topological polar surface area (TPSA) is 58.8 Å². The van der Waals surface area contributed by atoms with Crippen molar-refractivity contribution in [1.82, 2.24) is 15.0 Å². The molecule has 0 spiro atoms. The van der Waals surface area contributed by atoms with Gasteiger partial charge in [-0.15, -0.1) is 0 Å². The van der Waals surface area contributed by atoms with Crippen LogP contribution in [-0.2, 0) is 16.1 Å². The molecule has 1 aliphatic rings. The van der Waals surface area contributed by atoms with E-state index in [9.17, 15) is 4.79 Å². The van der Waals surface area contributed by atoms with Crippen LogP contribution in [0.5, 0.6) is 0 Å². The number of ether oxygens (including phenoxy) is 1. The smallest absolute Gasteiger partial charge is 0.251 e. The standard InChI is InChI=1S/C14H23N3O3/c1-4-19-12(3)14(18)17-7-5-16(6-8-17)10-13-9-11(2)15-20-13/h9,12H,4-8,10H2,1-3H3/t12-/m1/s1. The monoisotopic (exact) mass is 281 g/mol. The van der Waals surface area contributed by atoms with Crippen LogP contribution in [0.1, 0.15) is 25.3 Å². The first kappa shape index (κ1) is 15.0. The van der Waals surface area contributed by atoms with Gasteiger partial charge in [-0.25, -0.2) is 0 Å². The van der Waals surface area contributed by atoms with Gasteiger partial charge in [-0.2, -0.15) is 0 Å². The second-order valence-electron chi connectivity index (χ2n) is 5.13. The van der Waals surface area contributed by atoms with E-state index < -0.39 is 0 Å². The van der Waals surface area contributed by atoms with E-state index in [0.29, 0.717) is 6.61 Å². The van der Waals surface area contributed by atoms with Crippen molar-refractivity contribution in [3.63, 3.8) is 0 Å². The lowest BCUT2D eigenvalue weighted by molar-refractivity contribution is -0.144. The van der Waals surface area contributed by atoms with Gasteiger partial charge in [0.15, 0.2) is 5.76 Å². The minimum absolute atomic E-state index is 0.0852. The molecule has 0 saturated carbocycles. The molecule has 0 radical (unpaired) electrons. The lowest BCUT2D eigenvalue weighted by Crippen LogP contribution is -2.51. The largest absolute Gasteiger partial charge is 0.369 e. The van der Waals surface area contributed by atoms with Crippen LogP contribution in [0.3, 0.4) is 0 Å². The second-order valence-corrected chi connectivity index (χ2v) is 5.13. The van der Waals surface area contributed by atoms with Gasteiger partial charge in [-0.3, -0.25) is 9.69 Å². The van der Waals surface area contributed by atoms with Crippen molar-refractivity contribution >= 4 is 5.91 Å². The Labute approximate surface area is 119 Å². The molecule has 0 unspecified atom stereocenters. The maximum Gasteiger partial charge on any atom is 0.251 e. The summed E-state index contributed by atoms with van der Waals surface area (Å²) in [5.41, 5.74) is 0.902. The highest BCUT2D eigenvalue weighted by atomic mass is 16.5. The zero-order chi connectivity index (χ0) is 14.5. The predicted molar refractivity (Wildman–Crippen MR) is 74.2 cm³/mol. The van der Waals surface area contributed by atoms with E-state index in [1.54, 1.807) is 0 Å². The van der Waals surface area contributed by atoms with Gasteiger partial charge in [0.1, 0.15) is 6.10 Å². The fourth-order valence-electron chi connectivity index (χ4n) is 2.42. The summed E-state index contributed by atoms with van der Waals surface area (Å²) in [5.74, 6) is 0.965. The van der Waals surface area contributed by atoms with E-state index in [-0.39, 0.29) is 12.0 Å². The summed E-state index contributed by atoms with van der Waals surface area (Å²) in [7, 11) is 0. The molecule has 2 rings (SSSR count). The van der Waals surface area contributed by atoms with Crippen LogP contribution in [0.4, 0.5) is 0 Å². The molecular formula is C14H23N3O3. The Balaban J connectivity index is 1.78. The number of aryl methyl sites for hydroxylation is 1. The van der Waals surface area contributed by atoms with E-state index in [1.807, 2.05) is 31.7 Å². The first-order valence-corrected chi connectivity index (χ1v) is 7.15. The third kappa shape index (κ3) is 3.80. The van der Waals surface area contributed by atoms with Gasteiger partial charge in [0.2, 0.25) is 0 Å². The van der Waals surface area contributed by atoms with E-state index >= 15 is 0 Å². The minimum Gasteiger partial charge on any atom is -0.369 e. The fourth-order valence-corrected chi connectivity index (χ4v) is 2.42. The number of hydrogen-bond donors (Lipinski definition) is 0. The number of aromatic nitrogens is 1. The Kier molecular flexibility index (Phi) is 5.14. The molecule has 1 aromatic rings. The molecule has 6 nitrogen and oxygen atoms in total. The van der Waals surface area contributed by atoms with E-state index in [1.165, 1.54) is 0 Å². The Morgan fingerprint density at radius 1 is 1.45 bits per heavy atom. The number of hydrogen-bond acceptors (Lipinski definition) is 5. The summed E-state index contributed by atoms with van der Waals surface area (Å²) in [6.45, 7) is 10.1. The molecule has 2 heterocycles. The van der Waals surface area contributed by atoms with Crippen molar-refractivity contribution in [1.29, 1.82) is 0 Å². The van der Waals surface area contributed by atoms with E-state index in [2.05, 4.69) is 10.1 Å². The highest BCUT2D eigenvalue weighted by Crippen LogP contribution is 2.11. The maximum absolute atomic E-state index is 12.1. The number of carbonyl (C=O) groups is 1. The van der Waals surface area contributed by atoms with Crippen LogP contribution in [-0.4, -0.2) is 59.8 Å². The lowest BCUT2D eigenvalue weighted by Gasteiger charge is -2.35. The van der Waals surface area contributed by atoms with Crippen molar-refractivity contribution in [2.24, 2.45) is 0 Å². The molecule has 1 saturated heterocycles. The van der Waals surface area contributed by atoms with Crippen molar-refractivity contribution in [3.8, 4) is 0 Å². The van der Waals surface area contributed by atoms with Gasteiger partial charge in [-0.05, 0) is 20.8 Å². The molecular weight excluding hydrogens is 258 g/mol. The van der Waals surface area contributed by atoms with Crippen LogP contribution in [0, 0.1) is 6.92 Å². The van der Waals surface area contributed by atoms with Crippen molar-refractivity contribution in [3.05, 3.63) is 17.5 Å². The Hall–Kier alpha value is -1.40. The van der Waals surface area contributed by atoms with Gasteiger partial charge in [0.25, 0.3) is 5.91 Å². The third-order valence-corrected chi connectivity index (χ3v) is 3.50. The predicted octanol–water partition coefficient (Wildman–Crippen LogP) is 1.05. The Morgan fingerprint density at radius 3 is 2.70 bits per heavy atom. The molecule has 1 aliphatic heterocycles. The normalized spacial score (nSPS) is 18.2. The molecule has 0 aliphatic carbocycles. The summed E-state index contributed by atoms with van der Waals surface area (Å²) >= 11 is 0. The van der Waals surface area contributed by atoms with Crippen LogP contribution in [0.25, 0.3) is 0 Å². The molecule has 20 heavy (non-hydrogen) atoms. The molecule has 1 amide bonds. The fraction of sp³-hybridized carbons (Fsp3) is 0.714. The molecule has 1 aromatic heterocycles. The highest BCUT2D eigenvalue weighted by molar-refractivity contribution is 5.80. The molecule has 0 aromatic carbocycles.